The third-order valence-electron chi connectivity index (χ3n) is 3.04. The summed E-state index contributed by atoms with van der Waals surface area (Å²) in [6, 6.07) is 0.186. The second kappa shape index (κ2) is 6.65. The maximum Gasteiger partial charge on any atom is 0.222 e. The van der Waals surface area contributed by atoms with Crippen molar-refractivity contribution in [3.8, 4) is 0 Å². The van der Waals surface area contributed by atoms with Crippen LogP contribution in [0.4, 0.5) is 0 Å². The molecule has 6 nitrogen and oxygen atoms in total. The van der Waals surface area contributed by atoms with Gasteiger partial charge in [-0.3, -0.25) is 9.48 Å². The fraction of sp³-hybridized carbons (Fsp3) is 0.769. The van der Waals surface area contributed by atoms with E-state index in [1.165, 1.54) is 12.8 Å². The average Bonchev–Trinajstić information content (AvgIpc) is 3.04. The van der Waals surface area contributed by atoms with E-state index in [0.717, 1.165) is 24.7 Å². The number of carbonyl (C=O) groups excluding carboxylic acids is 1. The molecule has 0 aliphatic heterocycles. The van der Waals surface area contributed by atoms with Gasteiger partial charge in [0.05, 0.1) is 12.2 Å². The largest absolute Gasteiger partial charge is 0.354 e. The lowest BCUT2D eigenvalue weighted by atomic mass is 10.3. The summed E-state index contributed by atoms with van der Waals surface area (Å²) in [6.45, 7) is 6.32. The number of nitrogens with zero attached hydrogens (tertiary/aromatic N) is 3. The van der Waals surface area contributed by atoms with Crippen LogP contribution in [0.2, 0.25) is 0 Å². The van der Waals surface area contributed by atoms with Crippen LogP contribution >= 0.6 is 0 Å². The van der Waals surface area contributed by atoms with Gasteiger partial charge in [-0.25, -0.2) is 0 Å². The molecule has 0 aromatic carbocycles. The molecule has 0 atom stereocenters. The third kappa shape index (κ3) is 5.38. The maximum absolute atomic E-state index is 11.5. The Hall–Kier alpha value is -1.43. The van der Waals surface area contributed by atoms with Gasteiger partial charge in [0.25, 0.3) is 0 Å². The van der Waals surface area contributed by atoms with Gasteiger partial charge in [0.2, 0.25) is 5.91 Å². The van der Waals surface area contributed by atoms with Crippen molar-refractivity contribution < 1.29 is 4.79 Å². The van der Waals surface area contributed by atoms with Crippen LogP contribution in [-0.2, 0) is 17.9 Å². The lowest BCUT2D eigenvalue weighted by Gasteiger charge is -2.07. The normalized spacial score (nSPS) is 14.9. The first-order valence-corrected chi connectivity index (χ1v) is 7.02. The first-order valence-electron chi connectivity index (χ1n) is 7.02. The molecule has 19 heavy (non-hydrogen) atoms. The van der Waals surface area contributed by atoms with Crippen LogP contribution in [-0.4, -0.2) is 33.5 Å². The Balaban J connectivity index is 1.66. The Labute approximate surface area is 113 Å². The highest BCUT2D eigenvalue weighted by Gasteiger charge is 2.20. The van der Waals surface area contributed by atoms with E-state index in [9.17, 15) is 4.79 Å². The van der Waals surface area contributed by atoms with Gasteiger partial charge >= 0.3 is 0 Å². The molecule has 1 amide bonds. The van der Waals surface area contributed by atoms with Gasteiger partial charge in [0.15, 0.2) is 0 Å². The highest BCUT2D eigenvalue weighted by molar-refractivity contribution is 5.75. The van der Waals surface area contributed by atoms with Gasteiger partial charge in [-0.05, 0) is 39.2 Å². The smallest absolute Gasteiger partial charge is 0.222 e. The highest BCUT2D eigenvalue weighted by Crippen LogP contribution is 2.27. The highest BCUT2D eigenvalue weighted by atomic mass is 16.1. The molecule has 6 heteroatoms. The maximum atomic E-state index is 11.5. The molecule has 1 aromatic heterocycles. The molecule has 1 heterocycles. The molecular formula is C13H23N5O. The van der Waals surface area contributed by atoms with Gasteiger partial charge in [-0.2, -0.15) is 0 Å². The Kier molecular flexibility index (Phi) is 4.90. The van der Waals surface area contributed by atoms with Crippen LogP contribution in [0.5, 0.6) is 0 Å². The van der Waals surface area contributed by atoms with Crippen molar-refractivity contribution in [2.24, 2.45) is 5.92 Å². The van der Waals surface area contributed by atoms with Gasteiger partial charge in [-0.1, -0.05) is 5.21 Å². The summed E-state index contributed by atoms with van der Waals surface area (Å²) in [4.78, 5) is 11.5. The number of hydrogen-bond acceptors (Lipinski definition) is 4. The Bertz CT molecular complexity index is 411. The minimum absolute atomic E-state index is 0.0545. The molecule has 0 saturated heterocycles. The van der Waals surface area contributed by atoms with Crippen molar-refractivity contribution in [3.05, 3.63) is 11.9 Å². The number of aromatic nitrogens is 3. The fourth-order valence-electron chi connectivity index (χ4n) is 1.87. The SMILES string of the molecule is CC(C)NC(=O)CCn1cc(CNCC2CC2)nn1. The van der Waals surface area contributed by atoms with Gasteiger partial charge < -0.3 is 10.6 Å². The number of nitrogens with one attached hydrogen (secondary N) is 2. The summed E-state index contributed by atoms with van der Waals surface area (Å²) in [5.41, 5.74) is 0.935. The number of rotatable bonds is 8. The summed E-state index contributed by atoms with van der Waals surface area (Å²) < 4.78 is 1.73. The van der Waals surface area contributed by atoms with E-state index in [0.29, 0.717) is 13.0 Å². The summed E-state index contributed by atoms with van der Waals surface area (Å²) in [7, 11) is 0. The lowest BCUT2D eigenvalue weighted by Crippen LogP contribution is -2.30. The summed E-state index contributed by atoms with van der Waals surface area (Å²) >= 11 is 0. The Morgan fingerprint density at radius 3 is 3.00 bits per heavy atom. The Morgan fingerprint density at radius 2 is 2.32 bits per heavy atom. The minimum atomic E-state index is 0.0545. The number of amides is 1. The Morgan fingerprint density at radius 1 is 1.53 bits per heavy atom. The molecule has 1 fully saturated rings. The van der Waals surface area contributed by atoms with Crippen LogP contribution in [0, 0.1) is 5.92 Å². The van der Waals surface area contributed by atoms with E-state index in [2.05, 4.69) is 20.9 Å². The fourth-order valence-corrected chi connectivity index (χ4v) is 1.87. The second-order valence-corrected chi connectivity index (χ2v) is 5.52. The molecule has 1 aliphatic rings. The molecule has 1 aliphatic carbocycles. The van der Waals surface area contributed by atoms with Crippen molar-refractivity contribution in [1.82, 2.24) is 25.6 Å². The third-order valence-corrected chi connectivity index (χ3v) is 3.04. The molecule has 0 radical (unpaired) electrons. The molecule has 0 bridgehead atoms. The predicted molar refractivity (Wildman–Crippen MR) is 72.3 cm³/mol. The van der Waals surface area contributed by atoms with Gasteiger partial charge in [0.1, 0.15) is 0 Å². The monoisotopic (exact) mass is 265 g/mol. The van der Waals surface area contributed by atoms with E-state index in [1.807, 2.05) is 20.0 Å². The van der Waals surface area contributed by atoms with E-state index >= 15 is 0 Å². The molecule has 0 spiro atoms. The van der Waals surface area contributed by atoms with Crippen LogP contribution in [0.15, 0.2) is 6.20 Å². The first kappa shape index (κ1) is 14.0. The van der Waals surface area contributed by atoms with E-state index in [4.69, 9.17) is 0 Å². The van der Waals surface area contributed by atoms with Crippen molar-refractivity contribution >= 4 is 5.91 Å². The van der Waals surface area contributed by atoms with Crippen LogP contribution in [0.1, 0.15) is 38.8 Å². The number of aryl methyl sites for hydroxylation is 1. The van der Waals surface area contributed by atoms with Crippen molar-refractivity contribution in [1.29, 1.82) is 0 Å². The molecular weight excluding hydrogens is 242 g/mol. The minimum Gasteiger partial charge on any atom is -0.354 e. The number of hydrogen-bond donors (Lipinski definition) is 2. The lowest BCUT2D eigenvalue weighted by molar-refractivity contribution is -0.121. The van der Waals surface area contributed by atoms with Gasteiger partial charge in [-0.15, -0.1) is 5.10 Å². The van der Waals surface area contributed by atoms with Crippen LogP contribution in [0.25, 0.3) is 0 Å². The van der Waals surface area contributed by atoms with Crippen molar-refractivity contribution in [3.63, 3.8) is 0 Å². The second-order valence-electron chi connectivity index (χ2n) is 5.52. The first-order chi connectivity index (χ1) is 9.13. The molecule has 1 saturated carbocycles. The predicted octanol–water partition coefficient (Wildman–Crippen LogP) is 0.692. The summed E-state index contributed by atoms with van der Waals surface area (Å²) in [5.74, 6) is 0.925. The molecule has 2 rings (SSSR count). The average molecular weight is 265 g/mol. The van der Waals surface area contributed by atoms with E-state index in [1.54, 1.807) is 4.68 Å². The quantitative estimate of drug-likeness (QED) is 0.725. The topological polar surface area (TPSA) is 71.8 Å². The summed E-state index contributed by atoms with van der Waals surface area (Å²) in [6.07, 6.45) is 5.05. The molecule has 1 aromatic rings. The molecule has 0 unspecified atom stereocenters. The zero-order valence-electron chi connectivity index (χ0n) is 11.7. The van der Waals surface area contributed by atoms with Crippen molar-refractivity contribution in [2.75, 3.05) is 6.54 Å². The zero-order chi connectivity index (χ0) is 13.7. The van der Waals surface area contributed by atoms with Gasteiger partial charge in [0, 0.05) is 25.2 Å². The van der Waals surface area contributed by atoms with Crippen LogP contribution < -0.4 is 10.6 Å². The molecule has 106 valence electrons. The van der Waals surface area contributed by atoms with Crippen molar-refractivity contribution in [2.45, 2.75) is 52.2 Å². The standard InChI is InChI=1S/C13H23N5O/c1-10(2)15-13(19)5-6-18-9-12(16-17-18)8-14-7-11-3-4-11/h9-11,14H,3-8H2,1-2H3,(H,15,19). The number of carbonyl (C=O) groups is 1. The summed E-state index contributed by atoms with van der Waals surface area (Å²) in [5, 5.41) is 14.4. The zero-order valence-corrected chi connectivity index (χ0v) is 11.7. The van der Waals surface area contributed by atoms with E-state index < -0.39 is 0 Å². The molecule has 2 N–H and O–H groups in total. The van der Waals surface area contributed by atoms with Crippen LogP contribution in [0.3, 0.4) is 0 Å². The van der Waals surface area contributed by atoms with E-state index in [-0.39, 0.29) is 11.9 Å².